The predicted octanol–water partition coefficient (Wildman–Crippen LogP) is 0.436. The van der Waals surface area contributed by atoms with Crippen molar-refractivity contribution in [2.75, 3.05) is 0 Å². The molecule has 0 saturated carbocycles. The van der Waals surface area contributed by atoms with Crippen molar-refractivity contribution >= 4 is 57.4 Å². The van der Waals surface area contributed by atoms with Crippen LogP contribution in [0.2, 0.25) is 0 Å². The minimum absolute atomic E-state index is 0. The molecule has 0 heterocycles. The maximum absolute atomic E-state index is 10.4. The van der Waals surface area contributed by atoms with Crippen LogP contribution in [0.5, 0.6) is 0 Å². The Balaban J connectivity index is 0. The van der Waals surface area contributed by atoms with Crippen molar-refractivity contribution in [1.82, 2.24) is 0 Å². The Labute approximate surface area is 115 Å². The number of aliphatic carboxylic acids is 2. The summed E-state index contributed by atoms with van der Waals surface area (Å²) in [6.07, 6.45) is 0.386. The molecule has 0 bridgehead atoms. The van der Waals surface area contributed by atoms with Crippen LogP contribution in [0.1, 0.15) is 33.1 Å². The molecule has 0 rings (SSSR count). The van der Waals surface area contributed by atoms with Crippen LogP contribution in [-0.4, -0.2) is 67.6 Å². The fourth-order valence-corrected chi connectivity index (χ4v) is 1.04. The van der Waals surface area contributed by atoms with Gasteiger partial charge in [0, 0.05) is 0 Å². The van der Waals surface area contributed by atoms with Crippen LogP contribution in [0.4, 0.5) is 0 Å². The van der Waals surface area contributed by atoms with E-state index in [-0.39, 0.29) is 58.3 Å². The summed E-state index contributed by atoms with van der Waals surface area (Å²) in [5.41, 5.74) is -0.613. The van der Waals surface area contributed by atoms with E-state index < -0.39 is 17.4 Å². The molecular formula is C8H16O4Sr. The molecule has 0 aromatic carbocycles. The summed E-state index contributed by atoms with van der Waals surface area (Å²) in [5, 5.41) is 17.0. The molecule has 0 unspecified atom stereocenters. The molecule has 0 aliphatic heterocycles. The molecule has 0 aromatic rings. The molecule has 74 valence electrons. The van der Waals surface area contributed by atoms with Gasteiger partial charge in [0.25, 0.3) is 0 Å². The minimum atomic E-state index is -0.944. The second-order valence-corrected chi connectivity index (χ2v) is 3.31. The maximum atomic E-state index is 10.4. The van der Waals surface area contributed by atoms with Gasteiger partial charge in [-0.3, -0.25) is 9.59 Å². The molecule has 0 aliphatic carbocycles. The average Bonchev–Trinajstić information content (AvgIpc) is 1.83. The SMILES string of the molecule is CCC(C)(CC(=O)O)CC(=O)O.[SrH2]. The number of hydrogen-bond acceptors (Lipinski definition) is 2. The topological polar surface area (TPSA) is 74.6 Å². The van der Waals surface area contributed by atoms with E-state index in [9.17, 15) is 9.59 Å². The summed E-state index contributed by atoms with van der Waals surface area (Å²) in [4.78, 5) is 20.7. The second-order valence-electron chi connectivity index (χ2n) is 3.31. The summed E-state index contributed by atoms with van der Waals surface area (Å²) in [5.74, 6) is -1.89. The Morgan fingerprint density at radius 3 is 1.62 bits per heavy atom. The van der Waals surface area contributed by atoms with E-state index in [2.05, 4.69) is 0 Å². The number of hydrogen-bond donors (Lipinski definition) is 2. The van der Waals surface area contributed by atoms with Gasteiger partial charge in [-0.15, -0.1) is 0 Å². The van der Waals surface area contributed by atoms with Gasteiger partial charge < -0.3 is 10.2 Å². The first-order valence-electron chi connectivity index (χ1n) is 3.83. The number of carboxylic acid groups (broad SMARTS) is 2. The van der Waals surface area contributed by atoms with Crippen LogP contribution in [0, 0.1) is 5.41 Å². The molecule has 0 radical (unpaired) electrons. The van der Waals surface area contributed by atoms with Crippen LogP contribution >= 0.6 is 0 Å². The monoisotopic (exact) mass is 264 g/mol. The van der Waals surface area contributed by atoms with Crippen molar-refractivity contribution in [3.8, 4) is 0 Å². The Morgan fingerprint density at radius 2 is 1.46 bits per heavy atom. The molecule has 0 saturated heterocycles. The number of rotatable bonds is 5. The predicted molar refractivity (Wildman–Crippen MR) is 51.4 cm³/mol. The van der Waals surface area contributed by atoms with Crippen LogP contribution in [0.15, 0.2) is 0 Å². The van der Waals surface area contributed by atoms with E-state index in [0.717, 1.165) is 0 Å². The number of carboxylic acids is 2. The van der Waals surface area contributed by atoms with Crippen molar-refractivity contribution in [1.29, 1.82) is 0 Å². The molecule has 0 amide bonds. The zero-order valence-corrected chi connectivity index (χ0v) is 7.33. The fourth-order valence-electron chi connectivity index (χ4n) is 1.04. The third-order valence-electron chi connectivity index (χ3n) is 2.01. The van der Waals surface area contributed by atoms with Gasteiger partial charge in [0.15, 0.2) is 0 Å². The molecule has 0 aromatic heterocycles. The Kier molecular flexibility index (Phi) is 8.32. The van der Waals surface area contributed by atoms with E-state index in [1.54, 1.807) is 13.8 Å². The normalized spacial score (nSPS) is 10.3. The van der Waals surface area contributed by atoms with Gasteiger partial charge in [0.1, 0.15) is 0 Å². The Hall–Kier alpha value is 0.421. The van der Waals surface area contributed by atoms with Gasteiger partial charge in [-0.1, -0.05) is 13.8 Å². The van der Waals surface area contributed by atoms with E-state index >= 15 is 0 Å². The summed E-state index contributed by atoms with van der Waals surface area (Å²) < 4.78 is 0. The van der Waals surface area contributed by atoms with Crippen molar-refractivity contribution in [2.45, 2.75) is 33.1 Å². The molecule has 5 heteroatoms. The molecule has 0 fully saturated rings. The molecule has 2 N–H and O–H groups in total. The Bertz CT molecular complexity index is 175. The molecule has 0 spiro atoms. The standard InChI is InChI=1S/C8H14O4.Sr.2H/c1-3-8(2,4-6(9)10)5-7(11)12;;;/h3-5H2,1-2H3,(H,9,10)(H,11,12);;;. The molecule has 13 heavy (non-hydrogen) atoms. The summed E-state index contributed by atoms with van der Waals surface area (Å²) in [6, 6.07) is 0. The van der Waals surface area contributed by atoms with Gasteiger partial charge in [-0.05, 0) is 11.8 Å². The summed E-state index contributed by atoms with van der Waals surface area (Å²) >= 11 is 0. The van der Waals surface area contributed by atoms with Gasteiger partial charge >= 0.3 is 57.4 Å². The molecule has 0 aliphatic rings. The van der Waals surface area contributed by atoms with E-state index in [1.807, 2.05) is 0 Å². The van der Waals surface area contributed by atoms with Gasteiger partial charge in [0.05, 0.1) is 12.8 Å². The quantitative estimate of drug-likeness (QED) is 0.706. The van der Waals surface area contributed by atoms with Gasteiger partial charge in [0.2, 0.25) is 0 Å². The fraction of sp³-hybridized carbons (Fsp3) is 0.750. The third-order valence-corrected chi connectivity index (χ3v) is 2.01. The van der Waals surface area contributed by atoms with Gasteiger partial charge in [-0.2, -0.15) is 0 Å². The van der Waals surface area contributed by atoms with Crippen LogP contribution in [0.3, 0.4) is 0 Å². The van der Waals surface area contributed by atoms with Crippen molar-refractivity contribution in [3.05, 3.63) is 0 Å². The molecule has 4 nitrogen and oxygen atoms in total. The first-order chi connectivity index (χ1) is 5.39. The molecule has 0 atom stereocenters. The summed E-state index contributed by atoms with van der Waals surface area (Å²) in [6.45, 7) is 3.47. The van der Waals surface area contributed by atoms with Crippen LogP contribution < -0.4 is 0 Å². The van der Waals surface area contributed by atoms with Crippen molar-refractivity contribution < 1.29 is 19.8 Å². The third kappa shape index (κ3) is 7.49. The zero-order valence-electron chi connectivity index (χ0n) is 7.33. The van der Waals surface area contributed by atoms with Crippen LogP contribution in [-0.2, 0) is 9.59 Å². The van der Waals surface area contributed by atoms with Crippen LogP contribution in [0.25, 0.3) is 0 Å². The second kappa shape index (κ2) is 6.81. The van der Waals surface area contributed by atoms with E-state index in [4.69, 9.17) is 10.2 Å². The Morgan fingerprint density at radius 1 is 1.15 bits per heavy atom. The average molecular weight is 264 g/mol. The summed E-state index contributed by atoms with van der Waals surface area (Å²) in [7, 11) is 0. The van der Waals surface area contributed by atoms with Gasteiger partial charge in [-0.25, -0.2) is 0 Å². The van der Waals surface area contributed by atoms with E-state index in [0.29, 0.717) is 6.42 Å². The first kappa shape index (κ1) is 15.9. The van der Waals surface area contributed by atoms with Crippen molar-refractivity contribution in [3.63, 3.8) is 0 Å². The molecular weight excluding hydrogens is 248 g/mol. The van der Waals surface area contributed by atoms with Crippen molar-refractivity contribution in [2.24, 2.45) is 5.41 Å². The number of carbonyl (C=O) groups is 2. The van der Waals surface area contributed by atoms with E-state index in [1.165, 1.54) is 0 Å². The first-order valence-corrected chi connectivity index (χ1v) is 3.83. The zero-order chi connectivity index (χ0) is 9.78.